The number of nitrogens with zero attached hydrogens (tertiary/aromatic N) is 2. The van der Waals surface area contributed by atoms with Crippen molar-refractivity contribution >= 4 is 17.5 Å². The lowest BCUT2D eigenvalue weighted by Crippen LogP contribution is -2.47. The van der Waals surface area contributed by atoms with Crippen LogP contribution >= 0.6 is 0 Å². The van der Waals surface area contributed by atoms with Crippen molar-refractivity contribution in [3.8, 4) is 5.75 Å². The monoisotopic (exact) mass is 416 g/mol. The fourth-order valence-corrected chi connectivity index (χ4v) is 3.35. The highest BCUT2D eigenvalue weighted by Crippen LogP contribution is 2.17. The van der Waals surface area contributed by atoms with Crippen LogP contribution in [0.4, 0.5) is 5.69 Å². The summed E-state index contributed by atoms with van der Waals surface area (Å²) < 4.78 is 5.77. The number of hydrogen-bond acceptors (Lipinski definition) is 5. The molecule has 4 rings (SSSR count). The van der Waals surface area contributed by atoms with Crippen LogP contribution in [0.25, 0.3) is 0 Å². The van der Waals surface area contributed by atoms with E-state index >= 15 is 0 Å². The number of carbonyl (C=O) groups is 2. The van der Waals surface area contributed by atoms with Gasteiger partial charge in [-0.2, -0.15) is 0 Å². The number of ether oxygens (including phenoxy) is 1. The Morgan fingerprint density at radius 2 is 1.97 bits per heavy atom. The standard InChI is InChI=1S/C24H24N4O3/c29-23-16-28(12-11-26-23)21-8-6-18(7-9-21)15-27-24(30)20-4-1-5-22(13-20)31-17-19-3-2-10-25-14-19/h1-10,13-14H,11-12,15-17H2,(H,26,29)(H,27,30). The van der Waals surface area contributed by atoms with E-state index in [9.17, 15) is 9.59 Å². The molecule has 1 aliphatic heterocycles. The van der Waals surface area contributed by atoms with Crippen molar-refractivity contribution < 1.29 is 14.3 Å². The highest BCUT2D eigenvalue weighted by Gasteiger charge is 2.16. The summed E-state index contributed by atoms with van der Waals surface area (Å²) in [5.41, 5.74) is 3.50. The van der Waals surface area contributed by atoms with E-state index in [1.807, 2.05) is 47.4 Å². The maximum absolute atomic E-state index is 12.6. The number of aromatic nitrogens is 1. The molecule has 0 aliphatic carbocycles. The topological polar surface area (TPSA) is 83.6 Å². The molecule has 0 saturated carbocycles. The number of amides is 2. The summed E-state index contributed by atoms with van der Waals surface area (Å²) in [6.07, 6.45) is 3.47. The number of anilines is 1. The summed E-state index contributed by atoms with van der Waals surface area (Å²) in [6.45, 7) is 2.63. The molecule has 1 fully saturated rings. The number of carbonyl (C=O) groups excluding carboxylic acids is 2. The second kappa shape index (κ2) is 9.75. The Kier molecular flexibility index (Phi) is 6.42. The maximum Gasteiger partial charge on any atom is 0.251 e. The lowest BCUT2D eigenvalue weighted by molar-refractivity contribution is -0.120. The van der Waals surface area contributed by atoms with Crippen molar-refractivity contribution in [1.29, 1.82) is 0 Å². The normalized spacial score (nSPS) is 13.4. The number of piperazine rings is 1. The molecular formula is C24H24N4O3. The molecule has 1 aliphatic rings. The zero-order chi connectivity index (χ0) is 21.5. The van der Waals surface area contributed by atoms with Gasteiger partial charge in [0.15, 0.2) is 0 Å². The largest absolute Gasteiger partial charge is 0.489 e. The van der Waals surface area contributed by atoms with Gasteiger partial charge in [-0.05, 0) is 42.0 Å². The first-order valence-corrected chi connectivity index (χ1v) is 10.2. The molecule has 0 radical (unpaired) electrons. The number of hydrogen-bond donors (Lipinski definition) is 2. The minimum absolute atomic E-state index is 0.0363. The lowest BCUT2D eigenvalue weighted by atomic mass is 10.1. The van der Waals surface area contributed by atoms with Gasteiger partial charge in [-0.1, -0.05) is 24.3 Å². The van der Waals surface area contributed by atoms with E-state index < -0.39 is 0 Å². The number of pyridine rings is 1. The average molecular weight is 416 g/mol. The Morgan fingerprint density at radius 3 is 2.74 bits per heavy atom. The third kappa shape index (κ3) is 5.60. The molecule has 1 aromatic heterocycles. The first kappa shape index (κ1) is 20.4. The summed E-state index contributed by atoms with van der Waals surface area (Å²) in [5.74, 6) is 0.504. The highest BCUT2D eigenvalue weighted by molar-refractivity contribution is 5.94. The van der Waals surface area contributed by atoms with E-state index in [1.54, 1.807) is 30.6 Å². The Balaban J connectivity index is 1.30. The van der Waals surface area contributed by atoms with Crippen LogP contribution in [0, 0.1) is 0 Å². The van der Waals surface area contributed by atoms with Gasteiger partial charge in [0.25, 0.3) is 5.91 Å². The van der Waals surface area contributed by atoms with Crippen molar-refractivity contribution in [1.82, 2.24) is 15.6 Å². The van der Waals surface area contributed by atoms with Gasteiger partial charge in [0, 0.05) is 48.8 Å². The van der Waals surface area contributed by atoms with E-state index in [4.69, 9.17) is 4.74 Å². The summed E-state index contributed by atoms with van der Waals surface area (Å²) in [5, 5.41) is 5.76. The number of benzene rings is 2. The van der Waals surface area contributed by atoms with Crippen LogP contribution < -0.4 is 20.3 Å². The SMILES string of the molecule is O=C1CN(c2ccc(CNC(=O)c3cccc(OCc4cccnc4)c3)cc2)CCN1. The zero-order valence-electron chi connectivity index (χ0n) is 17.1. The predicted molar refractivity (Wildman–Crippen MR) is 118 cm³/mol. The van der Waals surface area contributed by atoms with Crippen molar-refractivity contribution in [3.63, 3.8) is 0 Å². The van der Waals surface area contributed by atoms with Crippen LogP contribution in [-0.4, -0.2) is 36.4 Å². The van der Waals surface area contributed by atoms with E-state index in [0.717, 1.165) is 23.4 Å². The van der Waals surface area contributed by atoms with Crippen LogP contribution in [-0.2, 0) is 17.9 Å². The summed E-state index contributed by atoms with van der Waals surface area (Å²) in [7, 11) is 0. The van der Waals surface area contributed by atoms with Crippen molar-refractivity contribution in [2.45, 2.75) is 13.2 Å². The maximum atomic E-state index is 12.6. The van der Waals surface area contributed by atoms with Gasteiger partial charge in [-0.25, -0.2) is 0 Å². The summed E-state index contributed by atoms with van der Waals surface area (Å²) in [4.78, 5) is 30.2. The second-order valence-corrected chi connectivity index (χ2v) is 7.30. The van der Waals surface area contributed by atoms with Crippen molar-refractivity contribution in [3.05, 3.63) is 89.7 Å². The molecule has 1 saturated heterocycles. The van der Waals surface area contributed by atoms with Crippen LogP contribution in [0.2, 0.25) is 0 Å². The van der Waals surface area contributed by atoms with Gasteiger partial charge >= 0.3 is 0 Å². The molecule has 158 valence electrons. The van der Waals surface area contributed by atoms with Crippen molar-refractivity contribution in [2.24, 2.45) is 0 Å². The quantitative estimate of drug-likeness (QED) is 0.618. The lowest BCUT2D eigenvalue weighted by Gasteiger charge is -2.28. The predicted octanol–water partition coefficient (Wildman–Crippen LogP) is 2.53. The minimum Gasteiger partial charge on any atom is -0.489 e. The summed E-state index contributed by atoms with van der Waals surface area (Å²) >= 11 is 0. The molecule has 2 N–H and O–H groups in total. The van der Waals surface area contributed by atoms with E-state index in [-0.39, 0.29) is 11.8 Å². The molecule has 2 heterocycles. The molecule has 7 nitrogen and oxygen atoms in total. The van der Waals surface area contributed by atoms with Gasteiger partial charge in [-0.3, -0.25) is 14.6 Å². The Hall–Kier alpha value is -3.87. The van der Waals surface area contributed by atoms with Crippen LogP contribution in [0.5, 0.6) is 5.75 Å². The van der Waals surface area contributed by atoms with Gasteiger partial charge in [0.1, 0.15) is 12.4 Å². The smallest absolute Gasteiger partial charge is 0.251 e. The second-order valence-electron chi connectivity index (χ2n) is 7.30. The first-order chi connectivity index (χ1) is 15.2. The third-order valence-electron chi connectivity index (χ3n) is 5.02. The van der Waals surface area contributed by atoms with Gasteiger partial charge in [0.05, 0.1) is 6.54 Å². The number of nitrogens with one attached hydrogen (secondary N) is 2. The molecule has 0 unspecified atom stereocenters. The van der Waals surface area contributed by atoms with E-state index in [0.29, 0.717) is 37.6 Å². The third-order valence-corrected chi connectivity index (χ3v) is 5.02. The Bertz CT molecular complexity index is 1040. The average Bonchev–Trinajstić information content (AvgIpc) is 2.82. The molecule has 31 heavy (non-hydrogen) atoms. The van der Waals surface area contributed by atoms with Gasteiger partial charge < -0.3 is 20.3 Å². The Morgan fingerprint density at radius 1 is 1.10 bits per heavy atom. The van der Waals surface area contributed by atoms with Gasteiger partial charge in [0.2, 0.25) is 5.91 Å². The van der Waals surface area contributed by atoms with Crippen LogP contribution in [0.15, 0.2) is 73.1 Å². The molecular weight excluding hydrogens is 392 g/mol. The number of rotatable bonds is 7. The molecule has 0 atom stereocenters. The first-order valence-electron chi connectivity index (χ1n) is 10.2. The van der Waals surface area contributed by atoms with Crippen LogP contribution in [0.1, 0.15) is 21.5 Å². The van der Waals surface area contributed by atoms with E-state index in [2.05, 4.69) is 15.6 Å². The molecule has 7 heteroatoms. The highest BCUT2D eigenvalue weighted by atomic mass is 16.5. The van der Waals surface area contributed by atoms with Crippen LogP contribution in [0.3, 0.4) is 0 Å². The minimum atomic E-state index is -0.163. The Labute approximate surface area is 181 Å². The molecule has 2 amide bonds. The van der Waals surface area contributed by atoms with Crippen molar-refractivity contribution in [2.75, 3.05) is 24.5 Å². The fourth-order valence-electron chi connectivity index (χ4n) is 3.35. The zero-order valence-corrected chi connectivity index (χ0v) is 17.1. The fraction of sp³-hybridized carbons (Fsp3) is 0.208. The molecule has 0 bridgehead atoms. The summed E-state index contributed by atoms with van der Waals surface area (Å²) in [6, 6.07) is 18.8. The van der Waals surface area contributed by atoms with Gasteiger partial charge in [-0.15, -0.1) is 0 Å². The van der Waals surface area contributed by atoms with E-state index in [1.165, 1.54) is 0 Å². The molecule has 3 aromatic rings. The molecule has 0 spiro atoms. The molecule has 2 aromatic carbocycles.